The lowest BCUT2D eigenvalue weighted by molar-refractivity contribution is -0.107. The molecule has 0 bridgehead atoms. The molecule has 0 radical (unpaired) electrons. The van der Waals surface area contributed by atoms with E-state index in [2.05, 4.69) is 13.2 Å². The molecule has 4 rings (SSSR count). The standard InChI is InChI=1S/C30H21FO2S2/c1-3-29(32)34-25-14-9-21(10-15-25)20-5-7-22(8-6-20)24-13-18-27(28(31)19-24)23-11-16-26(17-12-23)35-30(33)4-2/h3-19H,1-2H2. The number of carbonyl (C=O) groups excluding carboxylic acids is 2. The van der Waals surface area contributed by atoms with Crippen molar-refractivity contribution in [1.82, 2.24) is 0 Å². The maximum atomic E-state index is 15.0. The Hall–Kier alpha value is -3.67. The van der Waals surface area contributed by atoms with Crippen LogP contribution in [0.15, 0.2) is 126 Å². The molecule has 0 spiro atoms. The van der Waals surface area contributed by atoms with E-state index >= 15 is 0 Å². The van der Waals surface area contributed by atoms with Crippen LogP contribution in [-0.4, -0.2) is 10.2 Å². The maximum absolute atomic E-state index is 15.0. The second-order valence-electron chi connectivity index (χ2n) is 7.57. The maximum Gasteiger partial charge on any atom is 0.216 e. The third-order valence-electron chi connectivity index (χ3n) is 5.31. The van der Waals surface area contributed by atoms with Crippen molar-refractivity contribution in [2.24, 2.45) is 0 Å². The lowest BCUT2D eigenvalue weighted by Gasteiger charge is -2.09. The summed E-state index contributed by atoms with van der Waals surface area (Å²) in [6, 6.07) is 28.1. The quantitative estimate of drug-likeness (QED) is 0.190. The monoisotopic (exact) mass is 496 g/mol. The van der Waals surface area contributed by atoms with Gasteiger partial charge < -0.3 is 0 Å². The average molecular weight is 497 g/mol. The Balaban J connectivity index is 1.49. The number of hydrogen-bond donors (Lipinski definition) is 0. The molecular formula is C30H21FO2S2. The second-order valence-corrected chi connectivity index (χ2v) is 9.73. The minimum Gasteiger partial charge on any atom is -0.282 e. The molecule has 0 aliphatic carbocycles. The highest BCUT2D eigenvalue weighted by atomic mass is 32.2. The van der Waals surface area contributed by atoms with E-state index < -0.39 is 0 Å². The van der Waals surface area contributed by atoms with Crippen molar-refractivity contribution in [2.45, 2.75) is 9.79 Å². The van der Waals surface area contributed by atoms with Crippen molar-refractivity contribution < 1.29 is 14.0 Å². The van der Waals surface area contributed by atoms with Crippen LogP contribution in [0.5, 0.6) is 0 Å². The Morgan fingerprint density at radius 2 is 0.943 bits per heavy atom. The lowest BCUT2D eigenvalue weighted by atomic mass is 9.97. The predicted octanol–water partition coefficient (Wildman–Crippen LogP) is 8.44. The van der Waals surface area contributed by atoms with E-state index in [4.69, 9.17) is 0 Å². The van der Waals surface area contributed by atoms with Gasteiger partial charge >= 0.3 is 0 Å². The van der Waals surface area contributed by atoms with Crippen LogP contribution in [0.25, 0.3) is 33.4 Å². The van der Waals surface area contributed by atoms with Gasteiger partial charge in [0.15, 0.2) is 0 Å². The van der Waals surface area contributed by atoms with Crippen LogP contribution in [0.1, 0.15) is 0 Å². The summed E-state index contributed by atoms with van der Waals surface area (Å²) in [7, 11) is 0. The molecule has 0 saturated carbocycles. The number of benzene rings is 4. The Labute approximate surface area is 212 Å². The number of carbonyl (C=O) groups is 2. The Bertz CT molecular complexity index is 1390. The largest absolute Gasteiger partial charge is 0.282 e. The fourth-order valence-electron chi connectivity index (χ4n) is 3.52. The third-order valence-corrected chi connectivity index (χ3v) is 7.06. The van der Waals surface area contributed by atoms with Gasteiger partial charge in [-0.15, -0.1) is 0 Å². The second kappa shape index (κ2) is 11.2. The predicted molar refractivity (Wildman–Crippen MR) is 145 cm³/mol. The summed E-state index contributed by atoms with van der Waals surface area (Å²) in [6.45, 7) is 6.95. The third kappa shape index (κ3) is 6.07. The van der Waals surface area contributed by atoms with Gasteiger partial charge in [0, 0.05) is 15.4 Å². The van der Waals surface area contributed by atoms with Gasteiger partial charge in [0.1, 0.15) is 5.82 Å². The smallest absolute Gasteiger partial charge is 0.216 e. The first-order chi connectivity index (χ1) is 17.0. The van der Waals surface area contributed by atoms with Gasteiger partial charge in [-0.05, 0) is 93.8 Å². The first-order valence-corrected chi connectivity index (χ1v) is 12.4. The molecule has 2 nitrogen and oxygen atoms in total. The van der Waals surface area contributed by atoms with Crippen molar-refractivity contribution in [3.63, 3.8) is 0 Å². The minimum atomic E-state index is -0.309. The molecule has 0 heterocycles. The Morgan fingerprint density at radius 3 is 1.37 bits per heavy atom. The van der Waals surface area contributed by atoms with Gasteiger partial charge in [-0.3, -0.25) is 9.59 Å². The summed E-state index contributed by atoms with van der Waals surface area (Å²) < 4.78 is 15.0. The van der Waals surface area contributed by atoms with Crippen molar-refractivity contribution in [3.05, 3.63) is 122 Å². The molecule has 0 aromatic heterocycles. The molecule has 172 valence electrons. The van der Waals surface area contributed by atoms with Gasteiger partial charge in [-0.1, -0.05) is 73.8 Å². The molecule has 0 saturated heterocycles. The van der Waals surface area contributed by atoms with Crippen LogP contribution < -0.4 is 0 Å². The molecule has 5 heteroatoms. The molecule has 0 unspecified atom stereocenters. The molecular weight excluding hydrogens is 475 g/mol. The molecule has 0 atom stereocenters. The highest BCUT2D eigenvalue weighted by molar-refractivity contribution is 8.14. The first-order valence-electron chi connectivity index (χ1n) is 10.8. The zero-order valence-electron chi connectivity index (χ0n) is 18.7. The van der Waals surface area contributed by atoms with Gasteiger partial charge in [-0.2, -0.15) is 0 Å². The zero-order valence-corrected chi connectivity index (χ0v) is 20.4. The molecule has 0 amide bonds. The summed E-state index contributed by atoms with van der Waals surface area (Å²) in [5.74, 6) is -0.309. The van der Waals surface area contributed by atoms with Crippen molar-refractivity contribution in [3.8, 4) is 33.4 Å². The highest BCUT2D eigenvalue weighted by Gasteiger charge is 2.09. The van der Waals surface area contributed by atoms with Gasteiger partial charge in [-0.25, -0.2) is 4.39 Å². The van der Waals surface area contributed by atoms with Crippen LogP contribution in [0.2, 0.25) is 0 Å². The molecule has 0 aliphatic rings. The molecule has 4 aromatic carbocycles. The Kier molecular flexibility index (Phi) is 7.80. The number of halogens is 1. The molecule has 0 N–H and O–H groups in total. The average Bonchev–Trinajstić information content (AvgIpc) is 2.89. The summed E-state index contributed by atoms with van der Waals surface area (Å²) in [6.07, 6.45) is 2.57. The van der Waals surface area contributed by atoms with Crippen molar-refractivity contribution >= 4 is 33.8 Å². The SMILES string of the molecule is C=CC(=O)Sc1ccc(-c2ccc(-c3ccc(-c4ccc(SC(=O)C=C)cc4)c(F)c3)cc2)cc1. The number of rotatable bonds is 7. The van der Waals surface area contributed by atoms with Crippen LogP contribution in [0, 0.1) is 5.82 Å². The van der Waals surface area contributed by atoms with Crippen molar-refractivity contribution in [1.29, 1.82) is 0 Å². The van der Waals surface area contributed by atoms with Gasteiger partial charge in [0.05, 0.1) is 0 Å². The molecule has 0 fully saturated rings. The Morgan fingerprint density at radius 1 is 0.571 bits per heavy atom. The topological polar surface area (TPSA) is 34.1 Å². The minimum absolute atomic E-state index is 0.0867. The van der Waals surface area contributed by atoms with E-state index in [1.807, 2.05) is 66.7 Å². The van der Waals surface area contributed by atoms with E-state index in [9.17, 15) is 14.0 Å². The number of hydrogen-bond acceptors (Lipinski definition) is 4. The molecule has 0 aliphatic heterocycles. The van der Waals surface area contributed by atoms with E-state index in [1.54, 1.807) is 18.2 Å². The van der Waals surface area contributed by atoms with Crippen LogP contribution in [0.3, 0.4) is 0 Å². The number of thioether (sulfide) groups is 2. The fourth-order valence-corrected chi connectivity index (χ4v) is 4.69. The van der Waals surface area contributed by atoms with E-state index in [1.165, 1.54) is 18.2 Å². The van der Waals surface area contributed by atoms with Crippen LogP contribution in [0.4, 0.5) is 4.39 Å². The zero-order chi connectivity index (χ0) is 24.8. The van der Waals surface area contributed by atoms with Crippen LogP contribution in [-0.2, 0) is 9.59 Å². The molecule has 4 aromatic rings. The van der Waals surface area contributed by atoms with Crippen LogP contribution >= 0.6 is 23.5 Å². The van der Waals surface area contributed by atoms with E-state index in [-0.39, 0.29) is 16.0 Å². The normalized spacial score (nSPS) is 10.5. The summed E-state index contributed by atoms with van der Waals surface area (Å²) in [5.41, 5.74) is 5.02. The summed E-state index contributed by atoms with van der Waals surface area (Å²) in [5, 5.41) is -0.216. The first kappa shape index (κ1) is 24.5. The van der Waals surface area contributed by atoms with Crippen molar-refractivity contribution in [2.75, 3.05) is 0 Å². The highest BCUT2D eigenvalue weighted by Crippen LogP contribution is 2.31. The summed E-state index contributed by atoms with van der Waals surface area (Å²) in [4.78, 5) is 24.6. The van der Waals surface area contributed by atoms with Gasteiger partial charge in [0.2, 0.25) is 10.2 Å². The van der Waals surface area contributed by atoms with Gasteiger partial charge in [0.25, 0.3) is 0 Å². The van der Waals surface area contributed by atoms with E-state index in [0.29, 0.717) is 5.56 Å². The lowest BCUT2D eigenvalue weighted by Crippen LogP contribution is -1.88. The molecule has 35 heavy (non-hydrogen) atoms. The van der Waals surface area contributed by atoms with E-state index in [0.717, 1.165) is 61.1 Å². The summed E-state index contributed by atoms with van der Waals surface area (Å²) >= 11 is 2.23. The fraction of sp³-hybridized carbons (Fsp3) is 0.